The van der Waals surface area contributed by atoms with Crippen LogP contribution in [-0.2, 0) is 16.2 Å². The quantitative estimate of drug-likeness (QED) is 0.799. The van der Waals surface area contributed by atoms with E-state index in [-0.39, 0.29) is 15.7 Å². The topological polar surface area (TPSA) is 96.6 Å². The molecule has 0 spiro atoms. The van der Waals surface area contributed by atoms with Crippen molar-refractivity contribution in [1.29, 1.82) is 0 Å². The number of anilines is 1. The Morgan fingerprint density at radius 1 is 1.18 bits per heavy atom. The van der Waals surface area contributed by atoms with Gasteiger partial charge in [-0.1, -0.05) is 0 Å². The second-order valence-corrected chi connectivity index (χ2v) is 8.93. The Morgan fingerprint density at radius 2 is 1.93 bits per heavy atom. The molecule has 7 nitrogen and oxygen atoms in total. The number of carbonyl (C=O) groups is 1. The lowest BCUT2D eigenvalue weighted by molar-refractivity contribution is -0.137. The zero-order chi connectivity index (χ0) is 20.5. The Bertz CT molecular complexity index is 958. The smallest absolute Gasteiger partial charge is 0.355 e. The molecule has 0 unspecified atom stereocenters. The van der Waals surface area contributed by atoms with Gasteiger partial charge >= 0.3 is 6.18 Å². The van der Waals surface area contributed by atoms with E-state index in [1.807, 2.05) is 4.90 Å². The molecule has 152 valence electrons. The summed E-state index contributed by atoms with van der Waals surface area (Å²) in [6.07, 6.45) is -3.05. The summed E-state index contributed by atoms with van der Waals surface area (Å²) >= 11 is 0.882. The maximum Gasteiger partial charge on any atom is 0.417 e. The average molecular weight is 434 g/mol. The molecule has 1 saturated heterocycles. The highest BCUT2D eigenvalue weighted by atomic mass is 32.2. The molecule has 0 radical (unpaired) electrons. The van der Waals surface area contributed by atoms with Crippen LogP contribution in [0.5, 0.6) is 0 Å². The normalized spacial score (nSPS) is 16.1. The summed E-state index contributed by atoms with van der Waals surface area (Å²) in [4.78, 5) is 19.9. The van der Waals surface area contributed by atoms with Crippen molar-refractivity contribution in [3.8, 4) is 0 Å². The summed E-state index contributed by atoms with van der Waals surface area (Å²) in [6, 6.07) is 3.55. The van der Waals surface area contributed by atoms with Gasteiger partial charge in [-0.15, -0.1) is 11.3 Å². The van der Waals surface area contributed by atoms with Gasteiger partial charge in [0.05, 0.1) is 11.1 Å². The number of hydrogen-bond donors (Lipinski definition) is 1. The van der Waals surface area contributed by atoms with Crippen LogP contribution in [0.3, 0.4) is 0 Å². The predicted octanol–water partition coefficient (Wildman–Crippen LogP) is 2.16. The van der Waals surface area contributed by atoms with Crippen molar-refractivity contribution in [2.45, 2.75) is 16.8 Å². The number of carbonyl (C=O) groups excluding carboxylic acids is 1. The van der Waals surface area contributed by atoms with E-state index >= 15 is 0 Å². The van der Waals surface area contributed by atoms with Gasteiger partial charge in [-0.25, -0.2) is 18.5 Å². The largest absolute Gasteiger partial charge is 0.417 e. The molecule has 0 bridgehead atoms. The molecule has 1 aliphatic rings. The van der Waals surface area contributed by atoms with E-state index in [1.54, 1.807) is 4.90 Å². The lowest BCUT2D eigenvalue weighted by Gasteiger charge is -2.23. The van der Waals surface area contributed by atoms with Gasteiger partial charge in [0.15, 0.2) is 0 Å². The van der Waals surface area contributed by atoms with Gasteiger partial charge in [0.1, 0.15) is 10.0 Å². The molecule has 1 aliphatic heterocycles. The highest BCUT2D eigenvalue weighted by Gasteiger charge is 2.31. The molecule has 0 saturated carbocycles. The molecule has 1 amide bonds. The molecular weight excluding hydrogens is 417 g/mol. The number of nitrogens with zero attached hydrogens (tertiary/aromatic N) is 3. The predicted molar refractivity (Wildman–Crippen MR) is 97.7 cm³/mol. The highest BCUT2D eigenvalue weighted by molar-refractivity contribution is 7.91. The monoisotopic (exact) mass is 434 g/mol. The molecule has 0 aromatic carbocycles. The van der Waals surface area contributed by atoms with Crippen molar-refractivity contribution in [1.82, 2.24) is 9.88 Å². The van der Waals surface area contributed by atoms with Gasteiger partial charge in [-0.2, -0.15) is 13.2 Å². The van der Waals surface area contributed by atoms with Crippen LogP contribution in [0.15, 0.2) is 34.0 Å². The van der Waals surface area contributed by atoms with Crippen LogP contribution in [0.25, 0.3) is 0 Å². The summed E-state index contributed by atoms with van der Waals surface area (Å²) in [5.41, 5.74) is -0.568. The minimum Gasteiger partial charge on any atom is -0.355 e. The van der Waals surface area contributed by atoms with E-state index in [4.69, 9.17) is 5.14 Å². The Morgan fingerprint density at radius 3 is 2.50 bits per heavy atom. The van der Waals surface area contributed by atoms with E-state index in [0.717, 1.165) is 23.6 Å². The maximum atomic E-state index is 12.7. The first-order chi connectivity index (χ1) is 13.1. The van der Waals surface area contributed by atoms with E-state index in [0.29, 0.717) is 38.4 Å². The highest BCUT2D eigenvalue weighted by Crippen LogP contribution is 2.29. The average Bonchev–Trinajstić information content (AvgIpc) is 3.00. The number of sulfonamides is 1. The zero-order valence-corrected chi connectivity index (χ0v) is 16.1. The first-order valence-electron chi connectivity index (χ1n) is 8.24. The van der Waals surface area contributed by atoms with Crippen LogP contribution >= 0.6 is 11.3 Å². The van der Waals surface area contributed by atoms with Crippen molar-refractivity contribution in [3.63, 3.8) is 0 Å². The minimum atomic E-state index is -4.44. The molecule has 12 heteroatoms. The Balaban J connectivity index is 1.68. The number of rotatable bonds is 3. The summed E-state index contributed by atoms with van der Waals surface area (Å²) in [7, 11) is -3.86. The third kappa shape index (κ3) is 4.62. The molecule has 28 heavy (non-hydrogen) atoms. The number of aromatic nitrogens is 1. The zero-order valence-electron chi connectivity index (χ0n) is 14.5. The second kappa shape index (κ2) is 7.68. The number of alkyl halides is 3. The van der Waals surface area contributed by atoms with E-state index < -0.39 is 21.8 Å². The molecule has 0 aliphatic carbocycles. The number of nitrogens with two attached hydrogens (primary N) is 1. The Hall–Kier alpha value is -2.18. The number of halogens is 3. The van der Waals surface area contributed by atoms with Crippen LogP contribution in [0.1, 0.15) is 22.3 Å². The standard InChI is InChI=1S/C16H17F3N4O3S2/c17-16(18,19)12-2-3-13(21-9-12)22-4-1-5-23(7-6-22)15(24)11-8-14(27-10-11)28(20,25)26/h2-3,8-10H,1,4-7H2,(H2,20,25,26). The number of thiophene rings is 1. The number of pyridine rings is 1. The summed E-state index contributed by atoms with van der Waals surface area (Å²) in [6.45, 7) is 1.71. The van der Waals surface area contributed by atoms with Crippen LogP contribution < -0.4 is 10.0 Å². The lowest BCUT2D eigenvalue weighted by Crippen LogP contribution is -2.35. The molecule has 2 aromatic rings. The fraction of sp³-hybridized carbons (Fsp3) is 0.375. The van der Waals surface area contributed by atoms with Crippen molar-refractivity contribution < 1.29 is 26.4 Å². The Kier molecular flexibility index (Phi) is 5.64. The summed E-state index contributed by atoms with van der Waals surface area (Å²) in [5.74, 6) is 0.0997. The number of amides is 1. The van der Waals surface area contributed by atoms with Crippen LogP contribution in [0, 0.1) is 0 Å². The van der Waals surface area contributed by atoms with E-state index in [2.05, 4.69) is 4.98 Å². The Labute approximate surface area is 163 Å². The van der Waals surface area contributed by atoms with Gasteiger partial charge < -0.3 is 9.80 Å². The number of hydrogen-bond acceptors (Lipinski definition) is 6. The van der Waals surface area contributed by atoms with Gasteiger partial charge in [0.2, 0.25) is 10.0 Å². The number of primary sulfonamides is 1. The first kappa shape index (κ1) is 20.6. The maximum absolute atomic E-state index is 12.7. The fourth-order valence-electron chi connectivity index (χ4n) is 2.85. The molecule has 3 rings (SSSR count). The molecule has 3 heterocycles. The molecular formula is C16H17F3N4O3S2. The van der Waals surface area contributed by atoms with Gasteiger partial charge in [-0.3, -0.25) is 4.79 Å². The van der Waals surface area contributed by atoms with Gasteiger partial charge in [0.25, 0.3) is 5.91 Å². The van der Waals surface area contributed by atoms with Crippen molar-refractivity contribution in [2.75, 3.05) is 31.1 Å². The third-order valence-corrected chi connectivity index (χ3v) is 6.67. The van der Waals surface area contributed by atoms with Crippen molar-refractivity contribution >= 4 is 33.1 Å². The van der Waals surface area contributed by atoms with E-state index in [9.17, 15) is 26.4 Å². The van der Waals surface area contributed by atoms with Crippen LogP contribution in [0.2, 0.25) is 0 Å². The third-order valence-electron chi connectivity index (χ3n) is 4.29. The SMILES string of the molecule is NS(=O)(=O)c1cc(C(=O)N2CCCN(c3ccc(C(F)(F)F)cn3)CC2)cs1. The van der Waals surface area contributed by atoms with E-state index in [1.165, 1.54) is 17.5 Å². The minimum absolute atomic E-state index is 0.0822. The lowest BCUT2D eigenvalue weighted by atomic mass is 10.2. The first-order valence-corrected chi connectivity index (χ1v) is 10.7. The van der Waals surface area contributed by atoms with Gasteiger partial charge in [-0.05, 0) is 24.6 Å². The van der Waals surface area contributed by atoms with Gasteiger partial charge in [0, 0.05) is 37.8 Å². The summed E-state index contributed by atoms with van der Waals surface area (Å²) < 4.78 is 60.6. The fourth-order valence-corrected chi connectivity index (χ4v) is 4.43. The summed E-state index contributed by atoms with van der Waals surface area (Å²) in [5, 5.41) is 6.51. The second-order valence-electron chi connectivity index (χ2n) is 6.24. The molecule has 2 N–H and O–H groups in total. The molecule has 0 atom stereocenters. The molecule has 2 aromatic heterocycles. The van der Waals surface area contributed by atoms with Crippen molar-refractivity contribution in [2.24, 2.45) is 5.14 Å². The van der Waals surface area contributed by atoms with Crippen LogP contribution in [0.4, 0.5) is 19.0 Å². The molecule has 1 fully saturated rings. The van der Waals surface area contributed by atoms with Crippen molar-refractivity contribution in [3.05, 3.63) is 40.9 Å². The van der Waals surface area contributed by atoms with Crippen LogP contribution in [-0.4, -0.2) is 50.4 Å².